The second-order valence-electron chi connectivity index (χ2n) is 14.8. The first-order valence-electron chi connectivity index (χ1n) is 18.6. The topological polar surface area (TPSA) is 0 Å². The fourth-order valence-corrected chi connectivity index (χ4v) is 9.99. The molecule has 2 aliphatic rings. The molecule has 12 rings (SSSR count). The standard InChI is InChI=1S/C53H32/c1-3-12-35-30-37(22-20-33(35)10-1)38-24-26-42-40(32-38)25-27-47-46-29-28-41(39-23-21-34-11-2-4-13-36(34)31-39)45-16-9-19-50(51(45)46)53(52(42)47)48-17-7-5-14-43(48)44-15-6-8-18-49(44)53/h1-32H. The summed E-state index contributed by atoms with van der Waals surface area (Å²) in [5.41, 5.74) is 15.3. The Morgan fingerprint density at radius 3 is 1.49 bits per heavy atom. The van der Waals surface area contributed by atoms with Crippen LogP contribution in [0, 0.1) is 0 Å². The van der Waals surface area contributed by atoms with Gasteiger partial charge in [-0.05, 0) is 128 Å². The predicted octanol–water partition coefficient (Wildman–Crippen LogP) is 14.0. The van der Waals surface area contributed by atoms with Gasteiger partial charge < -0.3 is 0 Å². The van der Waals surface area contributed by atoms with Crippen LogP contribution in [0.3, 0.4) is 0 Å². The van der Waals surface area contributed by atoms with Gasteiger partial charge in [0.1, 0.15) is 0 Å². The first-order chi connectivity index (χ1) is 26.3. The highest BCUT2D eigenvalue weighted by Gasteiger charge is 2.50. The van der Waals surface area contributed by atoms with Crippen molar-refractivity contribution in [2.75, 3.05) is 0 Å². The number of hydrogen-bond acceptors (Lipinski definition) is 0. The predicted molar refractivity (Wildman–Crippen MR) is 224 cm³/mol. The quantitative estimate of drug-likeness (QED) is 0.172. The van der Waals surface area contributed by atoms with E-state index in [1.165, 1.54) is 110 Å². The van der Waals surface area contributed by atoms with E-state index in [1.54, 1.807) is 0 Å². The minimum absolute atomic E-state index is 0.485. The average Bonchev–Trinajstić information content (AvgIpc) is 3.52. The summed E-state index contributed by atoms with van der Waals surface area (Å²) in [4.78, 5) is 0. The van der Waals surface area contributed by atoms with Gasteiger partial charge in [0.2, 0.25) is 0 Å². The van der Waals surface area contributed by atoms with Crippen molar-refractivity contribution in [2.45, 2.75) is 5.41 Å². The Labute approximate surface area is 308 Å². The van der Waals surface area contributed by atoms with Crippen molar-refractivity contribution in [3.63, 3.8) is 0 Å². The van der Waals surface area contributed by atoms with Crippen LogP contribution in [0.2, 0.25) is 0 Å². The third kappa shape index (κ3) is 3.85. The summed E-state index contributed by atoms with van der Waals surface area (Å²) >= 11 is 0. The van der Waals surface area contributed by atoms with Gasteiger partial charge in [-0.25, -0.2) is 0 Å². The minimum Gasteiger partial charge on any atom is -0.0619 e. The molecule has 0 radical (unpaired) electrons. The fourth-order valence-electron chi connectivity index (χ4n) is 9.99. The summed E-state index contributed by atoms with van der Waals surface area (Å²) in [5.74, 6) is 0. The molecule has 2 aliphatic carbocycles. The van der Waals surface area contributed by atoms with Crippen molar-refractivity contribution in [3.8, 4) is 44.5 Å². The van der Waals surface area contributed by atoms with E-state index in [-0.39, 0.29) is 0 Å². The summed E-state index contributed by atoms with van der Waals surface area (Å²) in [6.45, 7) is 0. The Morgan fingerprint density at radius 2 is 0.774 bits per heavy atom. The molecule has 244 valence electrons. The molecule has 0 aromatic heterocycles. The van der Waals surface area contributed by atoms with Gasteiger partial charge >= 0.3 is 0 Å². The molecule has 1 spiro atoms. The van der Waals surface area contributed by atoms with Gasteiger partial charge in [0.15, 0.2) is 0 Å². The summed E-state index contributed by atoms with van der Waals surface area (Å²) < 4.78 is 0. The molecule has 10 aromatic carbocycles. The Kier molecular flexibility index (Phi) is 5.80. The number of hydrogen-bond donors (Lipinski definition) is 0. The average molecular weight is 669 g/mol. The molecule has 0 nitrogen and oxygen atoms in total. The Morgan fingerprint density at radius 1 is 0.264 bits per heavy atom. The zero-order valence-corrected chi connectivity index (χ0v) is 29.0. The van der Waals surface area contributed by atoms with Crippen LogP contribution in [0.15, 0.2) is 194 Å². The van der Waals surface area contributed by atoms with Gasteiger partial charge in [0, 0.05) is 0 Å². The second-order valence-corrected chi connectivity index (χ2v) is 14.8. The lowest BCUT2D eigenvalue weighted by atomic mass is 9.60. The van der Waals surface area contributed by atoms with Gasteiger partial charge in [0.05, 0.1) is 5.41 Å². The smallest absolute Gasteiger partial charge is 0.0619 e. The lowest BCUT2D eigenvalue weighted by Crippen LogP contribution is -2.32. The van der Waals surface area contributed by atoms with Crippen molar-refractivity contribution >= 4 is 43.1 Å². The highest BCUT2D eigenvalue weighted by molar-refractivity contribution is 6.14. The maximum Gasteiger partial charge on any atom is 0.0731 e. The Bertz CT molecular complexity index is 3130. The van der Waals surface area contributed by atoms with Crippen molar-refractivity contribution < 1.29 is 0 Å². The van der Waals surface area contributed by atoms with Crippen LogP contribution in [0.5, 0.6) is 0 Å². The molecule has 0 saturated carbocycles. The molecule has 0 unspecified atom stereocenters. The minimum atomic E-state index is -0.485. The highest BCUT2D eigenvalue weighted by Crippen LogP contribution is 2.63. The number of rotatable bonds is 2. The molecule has 0 atom stereocenters. The van der Waals surface area contributed by atoms with Crippen LogP contribution in [-0.2, 0) is 5.41 Å². The maximum atomic E-state index is 2.42. The highest BCUT2D eigenvalue weighted by atomic mass is 14.5. The molecule has 0 bridgehead atoms. The molecule has 0 heteroatoms. The normalized spacial score (nSPS) is 13.4. The van der Waals surface area contributed by atoms with Crippen LogP contribution in [0.1, 0.15) is 22.3 Å². The van der Waals surface area contributed by atoms with Crippen LogP contribution in [0.25, 0.3) is 87.6 Å². The first kappa shape index (κ1) is 28.9. The lowest BCUT2D eigenvalue weighted by molar-refractivity contribution is 0.781. The molecule has 0 amide bonds. The van der Waals surface area contributed by atoms with Crippen LogP contribution >= 0.6 is 0 Å². The molecular weight excluding hydrogens is 637 g/mol. The first-order valence-corrected chi connectivity index (χ1v) is 18.6. The van der Waals surface area contributed by atoms with E-state index >= 15 is 0 Å². The summed E-state index contributed by atoms with van der Waals surface area (Å²) in [6.07, 6.45) is 0. The Balaban J connectivity index is 1.19. The van der Waals surface area contributed by atoms with E-state index in [0.29, 0.717) is 0 Å². The summed E-state index contributed by atoms with van der Waals surface area (Å²) in [6, 6.07) is 73.0. The molecule has 0 saturated heterocycles. The van der Waals surface area contributed by atoms with E-state index in [0.717, 1.165) is 0 Å². The third-order valence-electron chi connectivity index (χ3n) is 12.2. The van der Waals surface area contributed by atoms with E-state index in [9.17, 15) is 0 Å². The van der Waals surface area contributed by atoms with E-state index in [4.69, 9.17) is 0 Å². The fraction of sp³-hybridized carbons (Fsp3) is 0.0189. The summed E-state index contributed by atoms with van der Waals surface area (Å²) in [7, 11) is 0. The van der Waals surface area contributed by atoms with E-state index in [1.807, 2.05) is 0 Å². The molecule has 0 fully saturated rings. The van der Waals surface area contributed by atoms with Gasteiger partial charge in [-0.3, -0.25) is 0 Å². The number of fused-ring (bicyclic) bond motifs is 13. The second kappa shape index (κ2) is 10.6. The lowest BCUT2D eigenvalue weighted by Gasteiger charge is -2.41. The van der Waals surface area contributed by atoms with Gasteiger partial charge in [-0.1, -0.05) is 176 Å². The zero-order chi connectivity index (χ0) is 34.7. The largest absolute Gasteiger partial charge is 0.0731 e. The van der Waals surface area contributed by atoms with Crippen molar-refractivity contribution in [2.24, 2.45) is 0 Å². The molecular formula is C53H32. The number of benzene rings is 10. The van der Waals surface area contributed by atoms with Crippen molar-refractivity contribution in [3.05, 3.63) is 216 Å². The molecule has 0 aliphatic heterocycles. The maximum absolute atomic E-state index is 2.42. The molecule has 0 heterocycles. The van der Waals surface area contributed by atoms with E-state index < -0.39 is 5.41 Å². The van der Waals surface area contributed by atoms with Gasteiger partial charge in [0.25, 0.3) is 0 Å². The van der Waals surface area contributed by atoms with Crippen molar-refractivity contribution in [1.29, 1.82) is 0 Å². The SMILES string of the molecule is c1ccc2c(c1)-c1ccccc1C21c2c(ccc3cc(-c4ccc5ccccc5c4)ccc23)-c2ccc(-c3ccc4ccccc4c3)c3cccc1c23. The monoisotopic (exact) mass is 668 g/mol. The third-order valence-corrected chi connectivity index (χ3v) is 12.2. The molecule has 10 aromatic rings. The molecule has 53 heavy (non-hydrogen) atoms. The van der Waals surface area contributed by atoms with Crippen LogP contribution in [-0.4, -0.2) is 0 Å². The molecule has 0 N–H and O–H groups in total. The van der Waals surface area contributed by atoms with Gasteiger partial charge in [-0.2, -0.15) is 0 Å². The summed E-state index contributed by atoms with van der Waals surface area (Å²) in [5, 5.41) is 10.3. The van der Waals surface area contributed by atoms with Crippen molar-refractivity contribution in [1.82, 2.24) is 0 Å². The van der Waals surface area contributed by atoms with Crippen LogP contribution < -0.4 is 0 Å². The van der Waals surface area contributed by atoms with E-state index in [2.05, 4.69) is 194 Å². The van der Waals surface area contributed by atoms with Crippen LogP contribution in [0.4, 0.5) is 0 Å². The Hall–Kier alpha value is -6.76. The van der Waals surface area contributed by atoms with Gasteiger partial charge in [-0.15, -0.1) is 0 Å². The zero-order valence-electron chi connectivity index (χ0n) is 29.0.